The van der Waals surface area contributed by atoms with Gasteiger partial charge in [-0.15, -0.1) is 0 Å². The molecule has 1 heterocycles. The molecule has 0 saturated heterocycles. The number of benzene rings is 2. The molecule has 2 aromatic carbocycles. The lowest BCUT2D eigenvalue weighted by atomic mass is 10.1. The number of carbonyl (C=O) groups is 1. The van der Waals surface area contributed by atoms with E-state index in [-0.39, 0.29) is 33.7 Å². The minimum atomic E-state index is -3.83. The van der Waals surface area contributed by atoms with Gasteiger partial charge in [0.1, 0.15) is 18.0 Å². The summed E-state index contributed by atoms with van der Waals surface area (Å²) in [7, 11) is -2.40. The van der Waals surface area contributed by atoms with E-state index < -0.39 is 21.9 Å². The van der Waals surface area contributed by atoms with Gasteiger partial charge >= 0.3 is 10.2 Å². The second-order valence-electron chi connectivity index (χ2n) is 6.52. The van der Waals surface area contributed by atoms with E-state index in [1.165, 1.54) is 25.5 Å². The molecule has 31 heavy (non-hydrogen) atoms. The van der Waals surface area contributed by atoms with Crippen LogP contribution in [0.1, 0.15) is 22.8 Å². The number of aromatic nitrogens is 2. The van der Waals surface area contributed by atoms with Gasteiger partial charge in [0.2, 0.25) is 0 Å². The summed E-state index contributed by atoms with van der Waals surface area (Å²) < 4.78 is 43.3. The largest absolute Gasteiger partial charge is 0.383 e. The van der Waals surface area contributed by atoms with E-state index in [1.54, 1.807) is 19.1 Å². The van der Waals surface area contributed by atoms with Crippen LogP contribution in [0.25, 0.3) is 10.9 Å². The van der Waals surface area contributed by atoms with Crippen LogP contribution in [0.15, 0.2) is 36.7 Å². The molecule has 4 N–H and O–H groups in total. The Labute approximate surface area is 192 Å². The second-order valence-corrected chi connectivity index (χ2v) is 9.06. The number of alkyl halides is 1. The number of amides is 1. The summed E-state index contributed by atoms with van der Waals surface area (Å²) in [6, 6.07) is 7.26. The zero-order chi connectivity index (χ0) is 22.8. The number of nitrogen functional groups attached to an aromatic ring is 1. The van der Waals surface area contributed by atoms with E-state index in [0.29, 0.717) is 16.5 Å². The Balaban J connectivity index is 2.02. The van der Waals surface area contributed by atoms with E-state index in [4.69, 9.17) is 5.73 Å². The molecule has 3 aromatic rings. The van der Waals surface area contributed by atoms with Gasteiger partial charge in [-0.05, 0) is 24.3 Å². The number of hydrogen-bond acceptors (Lipinski definition) is 6. The van der Waals surface area contributed by atoms with Crippen molar-refractivity contribution in [2.75, 3.05) is 29.4 Å². The number of halogens is 2. The first-order chi connectivity index (χ1) is 14.7. The highest BCUT2D eigenvalue weighted by molar-refractivity contribution is 14.1. The van der Waals surface area contributed by atoms with Gasteiger partial charge in [-0.25, -0.2) is 14.4 Å². The quantitative estimate of drug-likeness (QED) is 0.302. The monoisotopic (exact) mass is 558 g/mol. The van der Waals surface area contributed by atoms with Crippen molar-refractivity contribution in [3.05, 3.63) is 53.6 Å². The molecule has 0 bridgehead atoms. The van der Waals surface area contributed by atoms with Gasteiger partial charge < -0.3 is 11.1 Å². The third-order valence-corrected chi connectivity index (χ3v) is 6.99. The minimum absolute atomic E-state index is 0.113. The second kappa shape index (κ2) is 9.28. The number of rotatable bonds is 7. The van der Waals surface area contributed by atoms with E-state index in [1.807, 2.05) is 22.6 Å². The van der Waals surface area contributed by atoms with Crippen molar-refractivity contribution in [3.63, 3.8) is 0 Å². The summed E-state index contributed by atoms with van der Waals surface area (Å²) in [6.07, 6.45) is 1.24. The Morgan fingerprint density at radius 2 is 2.00 bits per heavy atom. The zero-order valence-corrected chi connectivity index (χ0v) is 19.7. The lowest BCUT2D eigenvalue weighted by molar-refractivity contribution is 0.102. The normalized spacial score (nSPS) is 11.6. The zero-order valence-electron chi connectivity index (χ0n) is 16.7. The molecule has 12 heteroatoms. The minimum Gasteiger partial charge on any atom is -0.383 e. The standard InChI is InChI=1S/C19H20FIN6O3S/c1-3-27(2)31(29,30)26-15-8-7-14(20)17(13(15)9-21)25-19(28)12-6-4-5-11-16(12)23-10-24-18(11)22/h4-8,10,26H,3,9H2,1-2H3,(H,25,28)(H2,22,23,24). The Bertz CT molecular complexity index is 1250. The van der Waals surface area contributed by atoms with Crippen LogP contribution < -0.4 is 15.8 Å². The predicted molar refractivity (Wildman–Crippen MR) is 127 cm³/mol. The van der Waals surface area contributed by atoms with Crippen molar-refractivity contribution in [2.24, 2.45) is 0 Å². The van der Waals surface area contributed by atoms with E-state index in [0.717, 1.165) is 10.4 Å². The number of nitrogens with one attached hydrogen (secondary N) is 2. The molecular formula is C19H20FIN6O3S. The van der Waals surface area contributed by atoms with E-state index >= 15 is 0 Å². The Kier molecular flexibility index (Phi) is 6.91. The molecule has 0 spiro atoms. The average molecular weight is 558 g/mol. The average Bonchev–Trinajstić information content (AvgIpc) is 2.75. The third-order valence-electron chi connectivity index (χ3n) is 4.67. The molecule has 3 rings (SSSR count). The number of hydrogen-bond donors (Lipinski definition) is 3. The van der Waals surface area contributed by atoms with Gasteiger partial charge in [-0.3, -0.25) is 9.52 Å². The molecule has 0 aliphatic carbocycles. The number of fused-ring (bicyclic) bond motifs is 1. The van der Waals surface area contributed by atoms with Gasteiger partial charge in [0.25, 0.3) is 5.91 Å². The molecule has 0 saturated carbocycles. The van der Waals surface area contributed by atoms with Crippen LogP contribution in [0.5, 0.6) is 0 Å². The fraction of sp³-hybridized carbons (Fsp3) is 0.211. The van der Waals surface area contributed by atoms with Crippen molar-refractivity contribution in [3.8, 4) is 0 Å². The highest BCUT2D eigenvalue weighted by Gasteiger charge is 2.22. The highest BCUT2D eigenvalue weighted by atomic mass is 127. The molecular weight excluding hydrogens is 538 g/mol. The summed E-state index contributed by atoms with van der Waals surface area (Å²) in [5.41, 5.74) is 6.72. The maximum absolute atomic E-state index is 14.7. The Hall–Kier alpha value is -2.58. The summed E-state index contributed by atoms with van der Waals surface area (Å²) in [4.78, 5) is 21.0. The number of nitrogens with zero attached hydrogens (tertiary/aromatic N) is 3. The van der Waals surface area contributed by atoms with Gasteiger partial charge in [-0.1, -0.05) is 35.6 Å². The molecule has 164 valence electrons. The number of carbonyl (C=O) groups excluding carboxylic acids is 1. The topological polar surface area (TPSA) is 130 Å². The Morgan fingerprint density at radius 3 is 2.68 bits per heavy atom. The number of para-hydroxylation sites is 1. The molecule has 0 radical (unpaired) electrons. The first kappa shape index (κ1) is 23.1. The first-order valence-electron chi connectivity index (χ1n) is 9.11. The molecule has 9 nitrogen and oxygen atoms in total. The van der Waals surface area contributed by atoms with E-state index in [9.17, 15) is 17.6 Å². The van der Waals surface area contributed by atoms with Crippen LogP contribution >= 0.6 is 22.6 Å². The predicted octanol–water partition coefficient (Wildman–Crippen LogP) is 3.15. The van der Waals surface area contributed by atoms with Crippen LogP contribution in [-0.4, -0.2) is 42.2 Å². The summed E-state index contributed by atoms with van der Waals surface area (Å²) in [6.45, 7) is 1.95. The molecule has 0 aliphatic heterocycles. The molecule has 0 atom stereocenters. The number of anilines is 3. The van der Waals surface area contributed by atoms with Crippen LogP contribution in [0.3, 0.4) is 0 Å². The van der Waals surface area contributed by atoms with Crippen LogP contribution in [0.2, 0.25) is 0 Å². The molecule has 0 fully saturated rings. The van der Waals surface area contributed by atoms with Crippen LogP contribution in [-0.2, 0) is 14.6 Å². The number of nitrogens with two attached hydrogens (primary N) is 1. The fourth-order valence-electron chi connectivity index (χ4n) is 2.85. The molecule has 1 aromatic heterocycles. The van der Waals surface area contributed by atoms with E-state index in [2.05, 4.69) is 20.0 Å². The van der Waals surface area contributed by atoms with Gasteiger partial charge in [0.05, 0.1) is 22.5 Å². The van der Waals surface area contributed by atoms with Crippen molar-refractivity contribution in [2.45, 2.75) is 11.4 Å². The summed E-state index contributed by atoms with van der Waals surface area (Å²) in [5, 5.41) is 3.05. The van der Waals surface area contributed by atoms with Crippen molar-refractivity contribution >= 4 is 66.8 Å². The van der Waals surface area contributed by atoms with Gasteiger partial charge in [-0.2, -0.15) is 12.7 Å². The maximum atomic E-state index is 14.7. The lowest BCUT2D eigenvalue weighted by Crippen LogP contribution is -2.32. The highest BCUT2D eigenvalue weighted by Crippen LogP contribution is 2.32. The smallest absolute Gasteiger partial charge is 0.301 e. The SMILES string of the molecule is CCN(C)S(=O)(=O)Nc1ccc(F)c(NC(=O)c2cccc3c(N)ncnc23)c1CI. The molecule has 0 unspecified atom stereocenters. The third kappa shape index (κ3) is 4.70. The lowest BCUT2D eigenvalue weighted by Gasteiger charge is -2.20. The maximum Gasteiger partial charge on any atom is 0.301 e. The molecule has 1 amide bonds. The van der Waals surface area contributed by atoms with Gasteiger partial charge in [0, 0.05) is 29.0 Å². The summed E-state index contributed by atoms with van der Waals surface area (Å²) >= 11 is 1.98. The van der Waals surface area contributed by atoms with Crippen molar-refractivity contribution in [1.82, 2.24) is 14.3 Å². The van der Waals surface area contributed by atoms with Crippen molar-refractivity contribution < 1.29 is 17.6 Å². The molecule has 0 aliphatic rings. The Morgan fingerprint density at radius 1 is 1.26 bits per heavy atom. The van der Waals surface area contributed by atoms with Crippen molar-refractivity contribution in [1.29, 1.82) is 0 Å². The van der Waals surface area contributed by atoms with Gasteiger partial charge in [0.15, 0.2) is 0 Å². The van der Waals surface area contributed by atoms with Crippen LogP contribution in [0.4, 0.5) is 21.6 Å². The fourth-order valence-corrected chi connectivity index (χ4v) is 4.60. The van der Waals surface area contributed by atoms with Crippen LogP contribution in [0, 0.1) is 5.82 Å². The first-order valence-corrected chi connectivity index (χ1v) is 12.1. The summed E-state index contributed by atoms with van der Waals surface area (Å²) in [5.74, 6) is -1.09.